The number of hydrogen-bond acceptors (Lipinski definition) is 1. The van der Waals surface area contributed by atoms with Gasteiger partial charge in [-0.3, -0.25) is 0 Å². The Morgan fingerprint density at radius 1 is 1.16 bits per heavy atom. The first kappa shape index (κ1) is 14.4. The third kappa shape index (κ3) is 3.74. The van der Waals surface area contributed by atoms with E-state index in [1.54, 1.807) is 0 Å². The molecule has 1 nitrogen and oxygen atoms in total. The summed E-state index contributed by atoms with van der Waals surface area (Å²) in [7, 11) is 0. The number of halogens is 2. The zero-order chi connectivity index (χ0) is 13.8. The van der Waals surface area contributed by atoms with Gasteiger partial charge in [0, 0.05) is 21.7 Å². The Balaban J connectivity index is 2.17. The van der Waals surface area contributed by atoms with Gasteiger partial charge in [-0.2, -0.15) is 0 Å². The van der Waals surface area contributed by atoms with E-state index in [-0.39, 0.29) is 0 Å². The predicted molar refractivity (Wildman–Crippen MR) is 87.0 cm³/mol. The normalized spacial score (nSPS) is 10.8. The quantitative estimate of drug-likeness (QED) is 0.738. The second-order valence-electron chi connectivity index (χ2n) is 4.83. The Bertz CT molecular complexity index is 566. The Morgan fingerprint density at radius 3 is 2.63 bits per heavy atom. The average molecular weight is 339 g/mol. The summed E-state index contributed by atoms with van der Waals surface area (Å²) in [5.74, 6) is 0.506. The molecule has 2 aromatic rings. The fraction of sp³-hybridized carbons (Fsp3) is 0.250. The lowest BCUT2D eigenvalue weighted by molar-refractivity contribution is 0.865. The minimum absolute atomic E-state index is 0.506. The highest BCUT2D eigenvalue weighted by atomic mass is 79.9. The van der Waals surface area contributed by atoms with Gasteiger partial charge < -0.3 is 5.32 Å². The number of benzene rings is 2. The van der Waals surface area contributed by atoms with Crippen molar-refractivity contribution in [3.63, 3.8) is 0 Å². The highest BCUT2D eigenvalue weighted by molar-refractivity contribution is 9.10. The van der Waals surface area contributed by atoms with Crippen LogP contribution in [0.1, 0.15) is 30.9 Å². The van der Waals surface area contributed by atoms with E-state index in [0.29, 0.717) is 5.92 Å². The van der Waals surface area contributed by atoms with Crippen LogP contribution in [0.15, 0.2) is 46.9 Å². The van der Waals surface area contributed by atoms with E-state index in [1.807, 2.05) is 18.2 Å². The molecule has 2 rings (SSSR count). The molecule has 0 aromatic heterocycles. The molecule has 0 radical (unpaired) electrons. The predicted octanol–water partition coefficient (Wildman–Crippen LogP) is 5.84. The Morgan fingerprint density at radius 2 is 1.89 bits per heavy atom. The molecular weight excluding hydrogens is 322 g/mol. The number of nitrogens with one attached hydrogen (secondary N) is 1. The molecule has 0 heterocycles. The topological polar surface area (TPSA) is 12.0 Å². The molecule has 0 aliphatic carbocycles. The van der Waals surface area contributed by atoms with E-state index < -0.39 is 0 Å². The second-order valence-corrected chi connectivity index (χ2v) is 6.12. The van der Waals surface area contributed by atoms with Gasteiger partial charge in [0.25, 0.3) is 0 Å². The largest absolute Gasteiger partial charge is 0.381 e. The maximum atomic E-state index is 6.03. The second kappa shape index (κ2) is 6.44. The van der Waals surface area contributed by atoms with Crippen molar-refractivity contribution in [2.24, 2.45) is 0 Å². The number of hydrogen-bond donors (Lipinski definition) is 1. The molecular formula is C16H17BrClN. The summed E-state index contributed by atoms with van der Waals surface area (Å²) >= 11 is 9.58. The standard InChI is InChI=1S/C16H17BrClN/c1-11(2)14-5-3-4-6-16(14)19-10-12-9-13(18)7-8-15(12)17/h3-9,11,19H,10H2,1-2H3. The third-order valence-corrected chi connectivity index (χ3v) is 4.07. The molecule has 0 atom stereocenters. The Kier molecular flexibility index (Phi) is 4.89. The van der Waals surface area contributed by atoms with E-state index in [0.717, 1.165) is 21.6 Å². The summed E-state index contributed by atoms with van der Waals surface area (Å²) in [6, 6.07) is 14.3. The van der Waals surface area contributed by atoms with Crippen molar-refractivity contribution in [1.82, 2.24) is 0 Å². The van der Waals surface area contributed by atoms with E-state index >= 15 is 0 Å². The molecule has 0 saturated heterocycles. The zero-order valence-corrected chi connectivity index (χ0v) is 13.4. The average Bonchev–Trinajstić information content (AvgIpc) is 2.40. The van der Waals surface area contributed by atoms with Crippen molar-refractivity contribution in [1.29, 1.82) is 0 Å². The lowest BCUT2D eigenvalue weighted by Crippen LogP contribution is -2.03. The van der Waals surface area contributed by atoms with Crippen LogP contribution in [0.4, 0.5) is 5.69 Å². The Hall–Kier alpha value is -0.990. The maximum absolute atomic E-state index is 6.03. The van der Waals surface area contributed by atoms with Crippen LogP contribution < -0.4 is 5.32 Å². The fourth-order valence-corrected chi connectivity index (χ4v) is 2.61. The first-order chi connectivity index (χ1) is 9.08. The lowest BCUT2D eigenvalue weighted by atomic mass is 10.0. The van der Waals surface area contributed by atoms with Crippen molar-refractivity contribution >= 4 is 33.2 Å². The molecule has 0 aliphatic heterocycles. The summed E-state index contributed by atoms with van der Waals surface area (Å²) in [4.78, 5) is 0. The van der Waals surface area contributed by atoms with Crippen LogP contribution in [0, 0.1) is 0 Å². The zero-order valence-electron chi connectivity index (χ0n) is 11.1. The lowest BCUT2D eigenvalue weighted by Gasteiger charge is -2.15. The van der Waals surface area contributed by atoms with Gasteiger partial charge in [0.1, 0.15) is 0 Å². The fourth-order valence-electron chi connectivity index (χ4n) is 2.03. The number of rotatable bonds is 4. The highest BCUT2D eigenvalue weighted by Crippen LogP contribution is 2.26. The minimum Gasteiger partial charge on any atom is -0.381 e. The minimum atomic E-state index is 0.506. The summed E-state index contributed by atoms with van der Waals surface area (Å²) < 4.78 is 1.08. The molecule has 100 valence electrons. The smallest absolute Gasteiger partial charge is 0.0412 e. The maximum Gasteiger partial charge on any atom is 0.0412 e. The molecule has 0 aliphatic rings. The molecule has 0 saturated carbocycles. The van der Waals surface area contributed by atoms with Crippen LogP contribution in [-0.2, 0) is 6.54 Å². The molecule has 0 amide bonds. The van der Waals surface area contributed by atoms with Crippen LogP contribution in [0.3, 0.4) is 0 Å². The number of anilines is 1. The van der Waals surface area contributed by atoms with E-state index in [2.05, 4.69) is 59.4 Å². The highest BCUT2D eigenvalue weighted by Gasteiger charge is 2.06. The van der Waals surface area contributed by atoms with Gasteiger partial charge in [-0.05, 0) is 41.3 Å². The molecule has 19 heavy (non-hydrogen) atoms. The van der Waals surface area contributed by atoms with Crippen molar-refractivity contribution in [3.05, 3.63) is 63.1 Å². The van der Waals surface area contributed by atoms with Gasteiger partial charge in [-0.15, -0.1) is 0 Å². The van der Waals surface area contributed by atoms with Gasteiger partial charge in [0.15, 0.2) is 0 Å². The van der Waals surface area contributed by atoms with Gasteiger partial charge in [0.05, 0.1) is 0 Å². The SMILES string of the molecule is CC(C)c1ccccc1NCc1cc(Cl)ccc1Br. The van der Waals surface area contributed by atoms with Crippen LogP contribution in [-0.4, -0.2) is 0 Å². The molecule has 0 bridgehead atoms. The van der Waals surface area contributed by atoms with Gasteiger partial charge in [-0.25, -0.2) is 0 Å². The molecule has 0 unspecified atom stereocenters. The molecule has 0 fully saturated rings. The van der Waals surface area contributed by atoms with E-state index in [4.69, 9.17) is 11.6 Å². The van der Waals surface area contributed by atoms with Crippen molar-refractivity contribution in [3.8, 4) is 0 Å². The molecule has 0 spiro atoms. The van der Waals surface area contributed by atoms with Gasteiger partial charge in [0.2, 0.25) is 0 Å². The summed E-state index contributed by atoms with van der Waals surface area (Å²) in [5.41, 5.74) is 3.68. The summed E-state index contributed by atoms with van der Waals surface area (Å²) in [5, 5.41) is 4.25. The van der Waals surface area contributed by atoms with Crippen molar-refractivity contribution < 1.29 is 0 Å². The van der Waals surface area contributed by atoms with Gasteiger partial charge in [-0.1, -0.05) is 59.6 Å². The summed E-state index contributed by atoms with van der Waals surface area (Å²) in [6.45, 7) is 5.16. The first-order valence-corrected chi connectivity index (χ1v) is 7.51. The Labute approximate surface area is 128 Å². The van der Waals surface area contributed by atoms with Gasteiger partial charge >= 0.3 is 0 Å². The molecule has 1 N–H and O–H groups in total. The third-order valence-electron chi connectivity index (χ3n) is 3.06. The van der Waals surface area contributed by atoms with Crippen LogP contribution in [0.25, 0.3) is 0 Å². The summed E-state index contributed by atoms with van der Waals surface area (Å²) in [6.07, 6.45) is 0. The van der Waals surface area contributed by atoms with Crippen molar-refractivity contribution in [2.75, 3.05) is 5.32 Å². The first-order valence-electron chi connectivity index (χ1n) is 6.34. The van der Waals surface area contributed by atoms with E-state index in [9.17, 15) is 0 Å². The monoisotopic (exact) mass is 337 g/mol. The number of para-hydroxylation sites is 1. The van der Waals surface area contributed by atoms with Crippen molar-refractivity contribution in [2.45, 2.75) is 26.3 Å². The van der Waals surface area contributed by atoms with Crippen LogP contribution in [0.2, 0.25) is 5.02 Å². The molecule has 2 aromatic carbocycles. The van der Waals surface area contributed by atoms with Crippen LogP contribution >= 0.6 is 27.5 Å². The van der Waals surface area contributed by atoms with Crippen LogP contribution in [0.5, 0.6) is 0 Å². The molecule has 3 heteroatoms. The van der Waals surface area contributed by atoms with E-state index in [1.165, 1.54) is 11.3 Å².